The lowest BCUT2D eigenvalue weighted by Crippen LogP contribution is -2.20. The molecule has 3 rings (SSSR count). The highest BCUT2D eigenvalue weighted by atomic mass is 32.2. The van der Waals surface area contributed by atoms with E-state index < -0.39 is 15.5 Å². The molecule has 0 unspecified atom stereocenters. The van der Waals surface area contributed by atoms with Crippen LogP contribution in [0, 0.1) is 13.8 Å². The lowest BCUT2D eigenvalue weighted by Gasteiger charge is -2.18. The number of aryl methyl sites for hydroxylation is 1. The quantitative estimate of drug-likeness (QED) is 0.629. The molecule has 0 atom stereocenters. The Morgan fingerprint density at radius 2 is 1.77 bits per heavy atom. The van der Waals surface area contributed by atoms with Crippen molar-refractivity contribution in [2.75, 3.05) is 11.5 Å². The molecule has 0 bridgehead atoms. The van der Waals surface area contributed by atoms with Crippen molar-refractivity contribution in [3.8, 4) is 0 Å². The van der Waals surface area contributed by atoms with Crippen LogP contribution in [0.2, 0.25) is 0 Å². The summed E-state index contributed by atoms with van der Waals surface area (Å²) in [6.45, 7) is 3.66. The minimum absolute atomic E-state index is 0.101. The van der Waals surface area contributed by atoms with E-state index in [2.05, 4.69) is 4.36 Å². The minimum atomic E-state index is -2.29. The molecule has 26 heavy (non-hydrogen) atoms. The number of hydrogen-bond donors (Lipinski definition) is 1. The van der Waals surface area contributed by atoms with Crippen molar-refractivity contribution in [2.45, 2.75) is 52.4 Å². The first kappa shape index (κ1) is 18.8. The van der Waals surface area contributed by atoms with Crippen LogP contribution in [-0.2, 0) is 14.5 Å². The van der Waals surface area contributed by atoms with Gasteiger partial charge in [0.2, 0.25) is 0 Å². The maximum atomic E-state index is 13.0. The van der Waals surface area contributed by atoms with Gasteiger partial charge >= 0.3 is 0 Å². The van der Waals surface area contributed by atoms with Crippen molar-refractivity contribution in [3.63, 3.8) is 0 Å². The van der Waals surface area contributed by atoms with E-state index in [0.717, 1.165) is 24.8 Å². The summed E-state index contributed by atoms with van der Waals surface area (Å²) in [7, 11) is -2.29. The summed E-state index contributed by atoms with van der Waals surface area (Å²) in [6.07, 6.45) is 4.10. The van der Waals surface area contributed by atoms with Crippen LogP contribution in [0.3, 0.4) is 0 Å². The van der Waals surface area contributed by atoms with Gasteiger partial charge in [0.25, 0.3) is 0 Å². The van der Waals surface area contributed by atoms with Crippen LogP contribution in [0.25, 0.3) is 0 Å². The Bertz CT molecular complexity index is 908. The molecule has 5 nitrogen and oxygen atoms in total. The topological polar surface area (TPSA) is 83.8 Å². The van der Waals surface area contributed by atoms with Crippen molar-refractivity contribution in [3.05, 3.63) is 40.2 Å². The molecule has 0 amide bonds. The van der Waals surface area contributed by atoms with Gasteiger partial charge < -0.3 is 5.11 Å². The van der Waals surface area contributed by atoms with Crippen LogP contribution in [0.5, 0.6) is 0 Å². The van der Waals surface area contributed by atoms with E-state index in [-0.39, 0.29) is 23.5 Å². The predicted octanol–water partition coefficient (Wildman–Crippen LogP) is 4.33. The van der Waals surface area contributed by atoms with Crippen LogP contribution in [0.4, 0.5) is 5.69 Å². The van der Waals surface area contributed by atoms with Gasteiger partial charge in [-0.2, -0.15) is 4.36 Å². The third-order valence-corrected chi connectivity index (χ3v) is 7.54. The van der Waals surface area contributed by atoms with Gasteiger partial charge in [0.15, 0.2) is 11.6 Å². The van der Waals surface area contributed by atoms with Crippen LogP contribution < -0.4 is 0 Å². The van der Waals surface area contributed by atoms with Gasteiger partial charge in [-0.25, -0.2) is 4.21 Å². The molecule has 1 saturated heterocycles. The van der Waals surface area contributed by atoms with E-state index in [0.29, 0.717) is 41.2 Å². The number of nitrogens with zero attached hydrogens (tertiary/aromatic N) is 1. The normalized spacial score (nSPS) is 20.2. The van der Waals surface area contributed by atoms with E-state index in [1.165, 1.54) is 0 Å². The van der Waals surface area contributed by atoms with Gasteiger partial charge in [-0.3, -0.25) is 9.59 Å². The van der Waals surface area contributed by atoms with E-state index in [9.17, 15) is 18.9 Å². The number of aliphatic hydroxyl groups is 1. The first-order valence-electron chi connectivity index (χ1n) is 9.15. The van der Waals surface area contributed by atoms with Crippen LogP contribution in [0.1, 0.15) is 60.0 Å². The summed E-state index contributed by atoms with van der Waals surface area (Å²) in [6, 6.07) is 3.44. The maximum Gasteiger partial charge on any atom is 0.200 e. The van der Waals surface area contributed by atoms with Crippen molar-refractivity contribution in [1.82, 2.24) is 0 Å². The number of aliphatic hydroxyl groups excluding tert-OH is 1. The van der Waals surface area contributed by atoms with Gasteiger partial charge in [0.1, 0.15) is 11.3 Å². The van der Waals surface area contributed by atoms with Crippen molar-refractivity contribution in [1.29, 1.82) is 0 Å². The average molecular weight is 375 g/mol. The fourth-order valence-electron chi connectivity index (χ4n) is 3.63. The Hall–Kier alpha value is -1.95. The lowest BCUT2D eigenvalue weighted by atomic mass is 9.88. The molecular weight excluding hydrogens is 350 g/mol. The zero-order chi connectivity index (χ0) is 18.9. The Labute approximate surface area is 154 Å². The van der Waals surface area contributed by atoms with Gasteiger partial charge in [0, 0.05) is 29.9 Å². The Morgan fingerprint density at radius 3 is 2.42 bits per heavy atom. The molecule has 1 heterocycles. The Morgan fingerprint density at radius 1 is 1.08 bits per heavy atom. The highest BCUT2D eigenvalue weighted by Crippen LogP contribution is 2.32. The van der Waals surface area contributed by atoms with Gasteiger partial charge in [0.05, 0.1) is 15.4 Å². The minimum Gasteiger partial charge on any atom is -0.511 e. The largest absolute Gasteiger partial charge is 0.511 e. The third-order valence-electron chi connectivity index (χ3n) is 5.17. The van der Waals surface area contributed by atoms with Crippen molar-refractivity contribution >= 4 is 27.0 Å². The van der Waals surface area contributed by atoms with Crippen LogP contribution in [0.15, 0.2) is 27.8 Å². The summed E-state index contributed by atoms with van der Waals surface area (Å²) in [4.78, 5) is 25.1. The smallest absolute Gasteiger partial charge is 0.200 e. The zero-order valence-electron chi connectivity index (χ0n) is 15.3. The van der Waals surface area contributed by atoms with Gasteiger partial charge in [-0.1, -0.05) is 18.6 Å². The third kappa shape index (κ3) is 3.61. The molecule has 1 fully saturated rings. The van der Waals surface area contributed by atoms with Crippen LogP contribution in [-0.4, -0.2) is 32.4 Å². The molecule has 140 valence electrons. The molecule has 2 aliphatic rings. The molecule has 0 saturated carbocycles. The second-order valence-electron chi connectivity index (χ2n) is 7.16. The molecule has 0 spiro atoms. The zero-order valence-corrected chi connectivity index (χ0v) is 16.2. The number of allylic oxidation sites excluding steroid dienone is 2. The predicted molar refractivity (Wildman–Crippen MR) is 103 cm³/mol. The number of carbonyl (C=O) groups is 2. The summed E-state index contributed by atoms with van der Waals surface area (Å²) in [5, 5.41) is 10.1. The number of rotatable bonds is 3. The lowest BCUT2D eigenvalue weighted by molar-refractivity contribution is -0.116. The highest BCUT2D eigenvalue weighted by molar-refractivity contribution is 7.93. The highest BCUT2D eigenvalue weighted by Gasteiger charge is 2.29. The number of carbonyl (C=O) groups excluding carboxylic acids is 2. The Balaban J connectivity index is 2.08. The molecule has 1 N–H and O–H groups in total. The first-order valence-corrected chi connectivity index (χ1v) is 11.0. The Kier molecular flexibility index (Phi) is 5.32. The molecule has 6 heteroatoms. The molecular formula is C20H25NO4S. The molecule has 1 aromatic carbocycles. The van der Waals surface area contributed by atoms with Crippen molar-refractivity contribution in [2.24, 2.45) is 4.36 Å². The SMILES string of the molecule is Cc1ccc(C(=O)C2=C(O)CCCC2=O)c(C)c1N=S1(=O)CCCCC1. The van der Waals surface area contributed by atoms with E-state index in [1.807, 2.05) is 6.92 Å². The molecule has 1 aliphatic heterocycles. The summed E-state index contributed by atoms with van der Waals surface area (Å²) in [5.41, 5.74) is 2.33. The number of hydrogen-bond acceptors (Lipinski definition) is 5. The summed E-state index contributed by atoms with van der Waals surface area (Å²) >= 11 is 0. The summed E-state index contributed by atoms with van der Waals surface area (Å²) in [5.74, 6) is 0.293. The fraction of sp³-hybridized carbons (Fsp3) is 0.500. The van der Waals surface area contributed by atoms with Crippen LogP contribution >= 0.6 is 0 Å². The fourth-order valence-corrected chi connectivity index (χ4v) is 5.94. The van der Waals surface area contributed by atoms with E-state index in [1.54, 1.807) is 19.1 Å². The number of Topliss-reactive ketones (excluding diaryl/α,β-unsaturated/α-hetero) is 2. The second kappa shape index (κ2) is 7.35. The molecule has 0 radical (unpaired) electrons. The van der Waals surface area contributed by atoms with E-state index >= 15 is 0 Å². The monoisotopic (exact) mass is 375 g/mol. The molecule has 1 aromatic rings. The number of benzene rings is 1. The second-order valence-corrected chi connectivity index (χ2v) is 9.71. The van der Waals surface area contributed by atoms with Gasteiger partial charge in [-0.15, -0.1) is 0 Å². The maximum absolute atomic E-state index is 13.0. The first-order chi connectivity index (χ1) is 12.3. The number of ketones is 2. The molecule has 0 aromatic heterocycles. The van der Waals surface area contributed by atoms with Gasteiger partial charge in [-0.05, 0) is 44.2 Å². The average Bonchev–Trinajstić information content (AvgIpc) is 2.59. The van der Waals surface area contributed by atoms with E-state index in [4.69, 9.17) is 0 Å². The summed E-state index contributed by atoms with van der Waals surface area (Å²) < 4.78 is 17.6. The standard InChI is InChI=1S/C20H25NO4S/c1-13-9-10-15(20(24)18-16(22)7-6-8-17(18)23)14(2)19(13)21-26(25)11-4-3-5-12-26/h9-10,22H,3-8,11-12H2,1-2H3. The molecule has 1 aliphatic carbocycles. The van der Waals surface area contributed by atoms with Crippen molar-refractivity contribution < 1.29 is 18.9 Å².